The largest absolute Gasteiger partial charge is 0.319 e. The van der Waals surface area contributed by atoms with E-state index in [0.29, 0.717) is 5.92 Å². The van der Waals surface area contributed by atoms with Crippen molar-refractivity contribution in [3.8, 4) is 0 Å². The second kappa shape index (κ2) is 8.34. The molecule has 1 rings (SSSR count). The van der Waals surface area contributed by atoms with E-state index in [1.807, 2.05) is 7.05 Å². The van der Waals surface area contributed by atoms with Gasteiger partial charge in [-0.1, -0.05) is 37.6 Å². The minimum absolute atomic E-state index is 0.712. The van der Waals surface area contributed by atoms with Gasteiger partial charge in [0.05, 0.1) is 0 Å². The number of benzene rings is 1. The van der Waals surface area contributed by atoms with Crippen LogP contribution in [0.5, 0.6) is 0 Å². The summed E-state index contributed by atoms with van der Waals surface area (Å²) in [5, 5.41) is 6.89. The molecule has 0 heterocycles. The maximum absolute atomic E-state index is 3.60. The normalized spacial score (nSPS) is 12.9. The zero-order chi connectivity index (χ0) is 14.3. The lowest BCUT2D eigenvalue weighted by Crippen LogP contribution is -2.34. The number of rotatable bonds is 8. The molecular weight excluding hydrogens is 232 g/mol. The van der Waals surface area contributed by atoms with Crippen molar-refractivity contribution in [2.75, 3.05) is 26.7 Å². The van der Waals surface area contributed by atoms with E-state index in [1.165, 1.54) is 16.7 Å². The third-order valence-corrected chi connectivity index (χ3v) is 3.88. The minimum atomic E-state index is 0.712. The summed E-state index contributed by atoms with van der Waals surface area (Å²) >= 11 is 0. The maximum atomic E-state index is 3.60. The van der Waals surface area contributed by atoms with Gasteiger partial charge in [-0.25, -0.2) is 0 Å². The third kappa shape index (κ3) is 5.75. The van der Waals surface area contributed by atoms with Gasteiger partial charge in [0, 0.05) is 0 Å². The van der Waals surface area contributed by atoms with E-state index in [2.05, 4.69) is 56.5 Å². The van der Waals surface area contributed by atoms with Crippen molar-refractivity contribution in [1.82, 2.24) is 10.6 Å². The minimum Gasteiger partial charge on any atom is -0.319 e. The van der Waals surface area contributed by atoms with Crippen molar-refractivity contribution >= 4 is 0 Å². The zero-order valence-electron chi connectivity index (χ0n) is 13.2. The molecular formula is C17H30N2. The molecule has 1 unspecified atom stereocenters. The molecule has 0 fully saturated rings. The van der Waals surface area contributed by atoms with Gasteiger partial charge in [0.25, 0.3) is 0 Å². The molecule has 0 saturated carbocycles. The predicted octanol–water partition coefficient (Wildman–Crippen LogP) is 2.93. The summed E-state index contributed by atoms with van der Waals surface area (Å²) < 4.78 is 0. The first kappa shape index (κ1) is 16.2. The Bertz CT molecular complexity index is 372. The number of hydrogen-bond acceptors (Lipinski definition) is 2. The van der Waals surface area contributed by atoms with Crippen molar-refractivity contribution in [3.05, 3.63) is 34.9 Å². The van der Waals surface area contributed by atoms with E-state index < -0.39 is 0 Å². The summed E-state index contributed by atoms with van der Waals surface area (Å²) in [6.07, 6.45) is 1.12. The van der Waals surface area contributed by atoms with Crippen LogP contribution in [0.15, 0.2) is 18.2 Å². The highest BCUT2D eigenvalue weighted by molar-refractivity contribution is 5.30. The molecule has 2 nitrogen and oxygen atoms in total. The summed E-state index contributed by atoms with van der Waals surface area (Å²) in [4.78, 5) is 0. The van der Waals surface area contributed by atoms with Gasteiger partial charge in [0.1, 0.15) is 0 Å². The molecule has 0 bridgehead atoms. The fourth-order valence-electron chi connectivity index (χ4n) is 2.44. The van der Waals surface area contributed by atoms with Crippen LogP contribution >= 0.6 is 0 Å². The van der Waals surface area contributed by atoms with Crippen LogP contribution in [-0.4, -0.2) is 26.7 Å². The number of aryl methyl sites for hydroxylation is 2. The third-order valence-electron chi connectivity index (χ3n) is 3.88. The molecule has 2 heteroatoms. The summed E-state index contributed by atoms with van der Waals surface area (Å²) in [5.74, 6) is 1.44. The lowest BCUT2D eigenvalue weighted by molar-refractivity contribution is 0.354. The van der Waals surface area contributed by atoms with Crippen LogP contribution in [0, 0.1) is 25.7 Å². The first-order valence-corrected chi connectivity index (χ1v) is 7.46. The Morgan fingerprint density at radius 3 is 2.42 bits per heavy atom. The predicted molar refractivity (Wildman–Crippen MR) is 84.7 cm³/mol. The quantitative estimate of drug-likeness (QED) is 0.704. The van der Waals surface area contributed by atoms with Gasteiger partial charge in [-0.15, -0.1) is 0 Å². The van der Waals surface area contributed by atoms with E-state index in [-0.39, 0.29) is 0 Å². The lowest BCUT2D eigenvalue weighted by atomic mass is 9.95. The smallest absolute Gasteiger partial charge is 0.000580 e. The van der Waals surface area contributed by atoms with Crippen LogP contribution in [0.3, 0.4) is 0 Å². The van der Waals surface area contributed by atoms with Crippen LogP contribution in [0.4, 0.5) is 0 Å². The molecule has 19 heavy (non-hydrogen) atoms. The van der Waals surface area contributed by atoms with Crippen LogP contribution in [0.1, 0.15) is 30.5 Å². The van der Waals surface area contributed by atoms with Crippen LogP contribution in [0.2, 0.25) is 0 Å². The molecule has 0 saturated heterocycles. The Kier molecular flexibility index (Phi) is 7.11. The second-order valence-electron chi connectivity index (χ2n) is 5.95. The summed E-state index contributed by atoms with van der Waals surface area (Å²) in [7, 11) is 2.03. The topological polar surface area (TPSA) is 24.1 Å². The van der Waals surface area contributed by atoms with Crippen molar-refractivity contribution in [3.63, 3.8) is 0 Å². The van der Waals surface area contributed by atoms with E-state index in [1.54, 1.807) is 0 Å². The van der Waals surface area contributed by atoms with Crippen molar-refractivity contribution in [1.29, 1.82) is 0 Å². The number of hydrogen-bond donors (Lipinski definition) is 2. The summed E-state index contributed by atoms with van der Waals surface area (Å²) in [6.45, 7) is 12.2. The molecule has 1 aromatic rings. The highest BCUT2D eigenvalue weighted by Gasteiger charge is 2.11. The molecule has 0 spiro atoms. The first-order valence-electron chi connectivity index (χ1n) is 7.46. The maximum Gasteiger partial charge on any atom is -0.000580 e. The molecule has 0 aliphatic heterocycles. The molecule has 0 aliphatic rings. The highest BCUT2D eigenvalue weighted by Crippen LogP contribution is 2.11. The number of nitrogens with one attached hydrogen (secondary N) is 2. The Morgan fingerprint density at radius 1 is 1.11 bits per heavy atom. The van der Waals surface area contributed by atoms with Crippen LogP contribution in [0.25, 0.3) is 0 Å². The SMILES string of the molecule is CNCC(CNCCc1ccc(C)cc1C)C(C)C. The van der Waals surface area contributed by atoms with E-state index in [9.17, 15) is 0 Å². The van der Waals surface area contributed by atoms with E-state index >= 15 is 0 Å². The van der Waals surface area contributed by atoms with Gasteiger partial charge in [0.15, 0.2) is 0 Å². The van der Waals surface area contributed by atoms with Gasteiger partial charge in [-0.05, 0) is 69.9 Å². The zero-order valence-corrected chi connectivity index (χ0v) is 13.2. The van der Waals surface area contributed by atoms with Crippen molar-refractivity contribution in [2.24, 2.45) is 11.8 Å². The molecule has 0 aliphatic carbocycles. The molecule has 0 radical (unpaired) electrons. The van der Waals surface area contributed by atoms with E-state index in [0.717, 1.165) is 32.0 Å². The fourth-order valence-corrected chi connectivity index (χ4v) is 2.44. The Labute approximate surface area is 119 Å². The molecule has 1 atom stereocenters. The van der Waals surface area contributed by atoms with Crippen LogP contribution < -0.4 is 10.6 Å². The summed E-state index contributed by atoms with van der Waals surface area (Å²) in [5.41, 5.74) is 4.23. The average Bonchev–Trinajstić information content (AvgIpc) is 2.35. The Balaban J connectivity index is 2.33. The van der Waals surface area contributed by atoms with Crippen molar-refractivity contribution in [2.45, 2.75) is 34.1 Å². The molecule has 108 valence electrons. The molecule has 0 aromatic heterocycles. The Morgan fingerprint density at radius 2 is 1.84 bits per heavy atom. The van der Waals surface area contributed by atoms with Gasteiger partial charge in [-0.2, -0.15) is 0 Å². The highest BCUT2D eigenvalue weighted by atomic mass is 14.9. The van der Waals surface area contributed by atoms with Gasteiger partial charge in [0.2, 0.25) is 0 Å². The average molecular weight is 262 g/mol. The molecule has 0 amide bonds. The van der Waals surface area contributed by atoms with Gasteiger partial charge >= 0.3 is 0 Å². The van der Waals surface area contributed by atoms with Gasteiger partial charge < -0.3 is 10.6 Å². The van der Waals surface area contributed by atoms with E-state index in [4.69, 9.17) is 0 Å². The van der Waals surface area contributed by atoms with Gasteiger partial charge in [-0.3, -0.25) is 0 Å². The lowest BCUT2D eigenvalue weighted by Gasteiger charge is -2.21. The second-order valence-corrected chi connectivity index (χ2v) is 5.95. The Hall–Kier alpha value is -0.860. The van der Waals surface area contributed by atoms with Crippen molar-refractivity contribution < 1.29 is 0 Å². The molecule has 1 aromatic carbocycles. The monoisotopic (exact) mass is 262 g/mol. The summed E-state index contributed by atoms with van der Waals surface area (Å²) in [6, 6.07) is 6.74. The van der Waals surface area contributed by atoms with Crippen LogP contribution in [-0.2, 0) is 6.42 Å². The fraction of sp³-hybridized carbons (Fsp3) is 0.647. The first-order chi connectivity index (χ1) is 9.04. The molecule has 2 N–H and O–H groups in total. The standard InChI is InChI=1S/C17H30N2/c1-13(2)17(11-18-5)12-19-9-8-16-7-6-14(3)10-15(16)4/h6-7,10,13,17-19H,8-9,11-12H2,1-5H3.